The van der Waals surface area contributed by atoms with E-state index in [-0.39, 0.29) is 0 Å². The van der Waals surface area contributed by atoms with Gasteiger partial charge >= 0.3 is 0 Å². The van der Waals surface area contributed by atoms with Crippen LogP contribution in [-0.2, 0) is 6.54 Å². The summed E-state index contributed by atoms with van der Waals surface area (Å²) in [6.45, 7) is 1.89. The SMILES string of the molecule is c1ccc2c(c1)sc1nc(C3CCCCC3)nc(NCc3ccc4c(c3)OCCO4)c12. The Kier molecular flexibility index (Phi) is 4.87. The van der Waals surface area contributed by atoms with Crippen molar-refractivity contribution < 1.29 is 9.47 Å². The second kappa shape index (κ2) is 8.00. The zero-order valence-corrected chi connectivity index (χ0v) is 18.2. The average molecular weight is 432 g/mol. The molecule has 0 amide bonds. The van der Waals surface area contributed by atoms with Crippen molar-refractivity contribution in [3.63, 3.8) is 0 Å². The van der Waals surface area contributed by atoms with Crippen LogP contribution in [0.5, 0.6) is 11.5 Å². The first-order valence-electron chi connectivity index (χ1n) is 11.2. The van der Waals surface area contributed by atoms with Gasteiger partial charge in [-0.25, -0.2) is 9.97 Å². The highest BCUT2D eigenvalue weighted by molar-refractivity contribution is 7.25. The summed E-state index contributed by atoms with van der Waals surface area (Å²) >= 11 is 1.77. The van der Waals surface area contributed by atoms with Crippen LogP contribution in [0.3, 0.4) is 0 Å². The van der Waals surface area contributed by atoms with Crippen LogP contribution in [0, 0.1) is 0 Å². The normalized spacial score (nSPS) is 16.6. The predicted molar refractivity (Wildman–Crippen MR) is 126 cm³/mol. The fraction of sp³-hybridized carbons (Fsp3) is 0.360. The van der Waals surface area contributed by atoms with Gasteiger partial charge in [-0.15, -0.1) is 11.3 Å². The number of aromatic nitrogens is 2. The van der Waals surface area contributed by atoms with Crippen LogP contribution in [0.25, 0.3) is 20.3 Å². The number of thiophene rings is 1. The van der Waals surface area contributed by atoms with E-state index in [2.05, 4.69) is 41.7 Å². The van der Waals surface area contributed by atoms with E-state index < -0.39 is 0 Å². The second-order valence-electron chi connectivity index (χ2n) is 8.38. The monoisotopic (exact) mass is 431 g/mol. The molecule has 1 aliphatic heterocycles. The molecular weight excluding hydrogens is 406 g/mol. The van der Waals surface area contributed by atoms with Crippen molar-refractivity contribution in [2.75, 3.05) is 18.5 Å². The Bertz CT molecular complexity index is 1250. The van der Waals surface area contributed by atoms with Crippen molar-refractivity contribution in [2.45, 2.75) is 44.6 Å². The van der Waals surface area contributed by atoms with Crippen molar-refractivity contribution in [3.8, 4) is 11.5 Å². The summed E-state index contributed by atoms with van der Waals surface area (Å²) in [5.74, 6) is 4.06. The van der Waals surface area contributed by atoms with Gasteiger partial charge in [0.05, 0.1) is 5.39 Å². The lowest BCUT2D eigenvalue weighted by atomic mass is 9.88. The number of anilines is 1. The molecule has 1 N–H and O–H groups in total. The molecule has 2 aromatic carbocycles. The summed E-state index contributed by atoms with van der Waals surface area (Å²) in [6.07, 6.45) is 6.27. The lowest BCUT2D eigenvalue weighted by Crippen LogP contribution is -2.15. The smallest absolute Gasteiger partial charge is 0.161 e. The molecule has 1 saturated carbocycles. The van der Waals surface area contributed by atoms with Gasteiger partial charge < -0.3 is 14.8 Å². The molecule has 0 spiro atoms. The lowest BCUT2D eigenvalue weighted by Gasteiger charge is -2.21. The van der Waals surface area contributed by atoms with Gasteiger partial charge in [-0.1, -0.05) is 43.5 Å². The number of hydrogen-bond acceptors (Lipinski definition) is 6. The zero-order chi connectivity index (χ0) is 20.6. The number of hydrogen-bond donors (Lipinski definition) is 1. The Morgan fingerprint density at radius 1 is 0.935 bits per heavy atom. The van der Waals surface area contributed by atoms with E-state index in [1.807, 2.05) is 6.07 Å². The van der Waals surface area contributed by atoms with Crippen LogP contribution in [0.15, 0.2) is 42.5 Å². The number of rotatable bonds is 4. The minimum Gasteiger partial charge on any atom is -0.486 e. The summed E-state index contributed by atoms with van der Waals surface area (Å²) in [6, 6.07) is 14.7. The Morgan fingerprint density at radius 2 is 1.77 bits per heavy atom. The maximum Gasteiger partial charge on any atom is 0.161 e. The molecule has 2 aliphatic rings. The summed E-state index contributed by atoms with van der Waals surface area (Å²) in [5, 5.41) is 5.99. The van der Waals surface area contributed by atoms with Gasteiger partial charge in [-0.2, -0.15) is 0 Å². The summed E-state index contributed by atoms with van der Waals surface area (Å²) in [4.78, 5) is 11.2. The molecule has 1 fully saturated rings. The minimum atomic E-state index is 0.471. The van der Waals surface area contributed by atoms with Crippen molar-refractivity contribution in [1.82, 2.24) is 9.97 Å². The predicted octanol–water partition coefficient (Wildman–Crippen LogP) is 6.28. The van der Waals surface area contributed by atoms with Crippen LogP contribution in [0.2, 0.25) is 0 Å². The number of nitrogens with one attached hydrogen (secondary N) is 1. The first kappa shape index (κ1) is 18.9. The molecule has 3 heterocycles. The molecule has 0 atom stereocenters. The van der Waals surface area contributed by atoms with Gasteiger partial charge in [0.2, 0.25) is 0 Å². The fourth-order valence-corrected chi connectivity index (χ4v) is 5.78. The lowest BCUT2D eigenvalue weighted by molar-refractivity contribution is 0.171. The molecule has 4 aromatic rings. The zero-order valence-electron chi connectivity index (χ0n) is 17.4. The second-order valence-corrected chi connectivity index (χ2v) is 9.41. The van der Waals surface area contributed by atoms with Crippen LogP contribution >= 0.6 is 11.3 Å². The van der Waals surface area contributed by atoms with Gasteiger partial charge in [0.1, 0.15) is 29.7 Å². The first-order valence-corrected chi connectivity index (χ1v) is 12.0. The van der Waals surface area contributed by atoms with E-state index in [1.54, 1.807) is 11.3 Å². The molecule has 0 bridgehead atoms. The fourth-order valence-electron chi connectivity index (χ4n) is 4.69. The largest absolute Gasteiger partial charge is 0.486 e. The molecule has 5 nitrogen and oxygen atoms in total. The van der Waals surface area contributed by atoms with Crippen molar-refractivity contribution >= 4 is 37.5 Å². The Labute approximate surface area is 185 Å². The highest BCUT2D eigenvalue weighted by atomic mass is 32.1. The molecule has 6 heteroatoms. The third kappa shape index (κ3) is 3.59. The third-order valence-corrected chi connectivity index (χ3v) is 7.36. The van der Waals surface area contributed by atoms with Crippen LogP contribution < -0.4 is 14.8 Å². The topological polar surface area (TPSA) is 56.3 Å². The van der Waals surface area contributed by atoms with E-state index in [0.29, 0.717) is 25.7 Å². The molecular formula is C25H25N3O2S. The van der Waals surface area contributed by atoms with Crippen LogP contribution in [0.4, 0.5) is 5.82 Å². The van der Waals surface area contributed by atoms with Gasteiger partial charge in [-0.05, 0) is 36.6 Å². The van der Waals surface area contributed by atoms with Crippen molar-refractivity contribution in [1.29, 1.82) is 0 Å². The van der Waals surface area contributed by atoms with Gasteiger partial charge in [0, 0.05) is 22.5 Å². The highest BCUT2D eigenvalue weighted by Gasteiger charge is 2.22. The molecule has 1 aliphatic carbocycles. The third-order valence-electron chi connectivity index (χ3n) is 6.29. The van der Waals surface area contributed by atoms with Crippen molar-refractivity contribution in [2.24, 2.45) is 0 Å². The van der Waals surface area contributed by atoms with E-state index >= 15 is 0 Å². The minimum absolute atomic E-state index is 0.471. The van der Waals surface area contributed by atoms with Gasteiger partial charge in [-0.3, -0.25) is 0 Å². The number of fused-ring (bicyclic) bond motifs is 4. The van der Waals surface area contributed by atoms with Crippen LogP contribution in [-0.4, -0.2) is 23.2 Å². The molecule has 0 radical (unpaired) electrons. The quantitative estimate of drug-likeness (QED) is 0.412. The standard InChI is InChI=1S/C25H25N3O2S/c1-2-6-17(7-3-1)23-27-24(22-18-8-4-5-9-21(18)31-25(22)28-23)26-15-16-10-11-19-20(14-16)30-13-12-29-19/h4-5,8-11,14,17H,1-3,6-7,12-13,15H2,(H,26,27,28). The van der Waals surface area contributed by atoms with E-state index in [4.69, 9.17) is 19.4 Å². The summed E-state index contributed by atoms with van der Waals surface area (Å²) < 4.78 is 12.7. The Morgan fingerprint density at radius 3 is 2.68 bits per heavy atom. The molecule has 2 aromatic heterocycles. The number of nitrogens with zero attached hydrogens (tertiary/aromatic N) is 2. The highest BCUT2D eigenvalue weighted by Crippen LogP contribution is 2.39. The molecule has 0 saturated heterocycles. The van der Waals surface area contributed by atoms with Crippen LogP contribution in [0.1, 0.15) is 49.4 Å². The van der Waals surface area contributed by atoms with E-state index in [1.165, 1.54) is 42.2 Å². The van der Waals surface area contributed by atoms with E-state index in [0.717, 1.165) is 38.9 Å². The average Bonchev–Trinajstić information content (AvgIpc) is 3.21. The maximum absolute atomic E-state index is 5.75. The summed E-state index contributed by atoms with van der Waals surface area (Å²) in [7, 11) is 0. The van der Waals surface area contributed by atoms with E-state index in [9.17, 15) is 0 Å². The van der Waals surface area contributed by atoms with Gasteiger partial charge in [0.25, 0.3) is 0 Å². The maximum atomic E-state index is 5.75. The van der Waals surface area contributed by atoms with Gasteiger partial charge in [0.15, 0.2) is 11.5 Å². The number of benzene rings is 2. The first-order chi connectivity index (χ1) is 15.3. The Balaban J connectivity index is 1.38. The Hall–Kier alpha value is -2.86. The molecule has 158 valence electrons. The van der Waals surface area contributed by atoms with Crippen molar-refractivity contribution in [3.05, 3.63) is 53.9 Å². The summed E-state index contributed by atoms with van der Waals surface area (Å²) in [5.41, 5.74) is 1.15. The molecule has 0 unspecified atom stereocenters. The molecule has 6 rings (SSSR count). The number of ether oxygens (including phenoxy) is 2. The molecule has 31 heavy (non-hydrogen) atoms.